The van der Waals surface area contributed by atoms with Crippen LogP contribution < -0.4 is 0 Å². The summed E-state index contributed by atoms with van der Waals surface area (Å²) in [5.41, 5.74) is 0.859. The Morgan fingerprint density at radius 1 is 1.58 bits per heavy atom. The smallest absolute Gasteiger partial charge is 0.149 e. The van der Waals surface area contributed by atoms with Crippen LogP contribution in [-0.2, 0) is 4.74 Å². The summed E-state index contributed by atoms with van der Waals surface area (Å²) in [4.78, 5) is 0. The first-order chi connectivity index (χ1) is 5.65. The lowest BCUT2D eigenvalue weighted by atomic mass is 10.0. The van der Waals surface area contributed by atoms with Crippen LogP contribution in [0.2, 0.25) is 0 Å². The van der Waals surface area contributed by atoms with E-state index < -0.39 is 18.3 Å². The number of hydrogen-bond donors (Lipinski definition) is 3. The summed E-state index contributed by atoms with van der Waals surface area (Å²) in [5.74, 6) is 0. The van der Waals surface area contributed by atoms with Crippen LogP contribution in [0.3, 0.4) is 0 Å². The Hall–Kier alpha value is -0.580. The van der Waals surface area contributed by atoms with Gasteiger partial charge in [0.15, 0.2) is 0 Å². The molecule has 12 heavy (non-hydrogen) atoms. The molecule has 4 heteroatoms. The second-order valence-corrected chi connectivity index (χ2v) is 3.08. The van der Waals surface area contributed by atoms with E-state index in [4.69, 9.17) is 9.84 Å². The summed E-state index contributed by atoms with van der Waals surface area (Å²) in [6.45, 7) is 1.51. The van der Waals surface area contributed by atoms with E-state index in [-0.39, 0.29) is 6.61 Å². The van der Waals surface area contributed by atoms with Gasteiger partial charge in [-0.2, -0.15) is 0 Å². The molecule has 3 atom stereocenters. The molecule has 0 bridgehead atoms. The van der Waals surface area contributed by atoms with E-state index in [0.29, 0.717) is 6.42 Å². The van der Waals surface area contributed by atoms with Gasteiger partial charge in [0.2, 0.25) is 0 Å². The summed E-state index contributed by atoms with van der Waals surface area (Å²) < 4.78 is 5.03. The first-order valence-electron chi connectivity index (χ1n) is 3.93. The van der Waals surface area contributed by atoms with Gasteiger partial charge in [0.1, 0.15) is 12.2 Å². The van der Waals surface area contributed by atoms with Crippen molar-refractivity contribution in [2.24, 2.45) is 0 Å². The van der Waals surface area contributed by atoms with E-state index in [0.717, 1.165) is 5.57 Å². The summed E-state index contributed by atoms with van der Waals surface area (Å²) in [7, 11) is 0. The van der Waals surface area contributed by atoms with Crippen LogP contribution >= 0.6 is 0 Å². The minimum Gasteiger partial charge on any atom is -0.493 e. The van der Waals surface area contributed by atoms with Crippen LogP contribution in [0.25, 0.3) is 0 Å². The van der Waals surface area contributed by atoms with Crippen molar-refractivity contribution in [3.8, 4) is 0 Å². The first kappa shape index (κ1) is 9.51. The molecule has 0 radical (unpaired) electrons. The summed E-state index contributed by atoms with van der Waals surface area (Å²) in [6, 6.07) is 0. The highest BCUT2D eigenvalue weighted by atomic mass is 16.5. The van der Waals surface area contributed by atoms with Crippen LogP contribution in [0.4, 0.5) is 0 Å². The first-order valence-corrected chi connectivity index (χ1v) is 3.93. The SMILES string of the molecule is CC1=COC(CO)C(O)C(O)C1. The van der Waals surface area contributed by atoms with Crippen molar-refractivity contribution < 1.29 is 20.1 Å². The zero-order valence-corrected chi connectivity index (χ0v) is 6.97. The zero-order valence-electron chi connectivity index (χ0n) is 6.97. The molecule has 70 valence electrons. The molecule has 0 aliphatic carbocycles. The summed E-state index contributed by atoms with van der Waals surface area (Å²) in [6.07, 6.45) is -0.708. The van der Waals surface area contributed by atoms with Crippen LogP contribution in [0.1, 0.15) is 13.3 Å². The minimum atomic E-state index is -1.01. The van der Waals surface area contributed by atoms with Crippen molar-refractivity contribution in [1.82, 2.24) is 0 Å². The Bertz CT molecular complexity index is 178. The standard InChI is InChI=1S/C8H14O4/c1-5-2-6(10)8(11)7(3-9)12-4-5/h4,6-11H,2-3H2,1H3. The van der Waals surface area contributed by atoms with Crippen molar-refractivity contribution in [1.29, 1.82) is 0 Å². The predicted molar refractivity (Wildman–Crippen MR) is 42.3 cm³/mol. The van der Waals surface area contributed by atoms with Gasteiger partial charge < -0.3 is 20.1 Å². The quantitative estimate of drug-likeness (QED) is 0.496. The number of rotatable bonds is 1. The maximum Gasteiger partial charge on any atom is 0.149 e. The molecule has 0 fully saturated rings. The van der Waals surface area contributed by atoms with E-state index in [1.165, 1.54) is 6.26 Å². The van der Waals surface area contributed by atoms with Crippen molar-refractivity contribution in [2.45, 2.75) is 31.7 Å². The molecule has 0 spiro atoms. The Morgan fingerprint density at radius 2 is 2.25 bits per heavy atom. The van der Waals surface area contributed by atoms with Gasteiger partial charge in [-0.25, -0.2) is 0 Å². The number of hydrogen-bond acceptors (Lipinski definition) is 4. The number of aliphatic hydroxyl groups is 3. The molecule has 0 aromatic carbocycles. The molecule has 1 aliphatic rings. The maximum atomic E-state index is 9.37. The van der Waals surface area contributed by atoms with Crippen molar-refractivity contribution in [3.05, 3.63) is 11.8 Å². The molecule has 0 saturated heterocycles. The van der Waals surface area contributed by atoms with Gasteiger partial charge in [0.25, 0.3) is 0 Å². The summed E-state index contributed by atoms with van der Waals surface area (Å²) >= 11 is 0. The Kier molecular flexibility index (Phi) is 3.08. The molecule has 1 rings (SSSR count). The molecular weight excluding hydrogens is 160 g/mol. The van der Waals surface area contributed by atoms with Crippen LogP contribution in [-0.4, -0.2) is 40.2 Å². The van der Waals surface area contributed by atoms with Gasteiger partial charge in [-0.15, -0.1) is 0 Å². The van der Waals surface area contributed by atoms with Crippen LogP contribution in [0.5, 0.6) is 0 Å². The molecule has 0 aromatic heterocycles. The predicted octanol–water partition coefficient (Wildman–Crippen LogP) is -0.607. The maximum absolute atomic E-state index is 9.37. The van der Waals surface area contributed by atoms with Gasteiger partial charge in [-0.1, -0.05) is 0 Å². The lowest BCUT2D eigenvalue weighted by Crippen LogP contribution is -2.39. The molecular formula is C8H14O4. The highest BCUT2D eigenvalue weighted by molar-refractivity contribution is 5.00. The fraction of sp³-hybridized carbons (Fsp3) is 0.750. The van der Waals surface area contributed by atoms with E-state index in [1.54, 1.807) is 6.92 Å². The second kappa shape index (κ2) is 3.89. The molecule has 1 heterocycles. The van der Waals surface area contributed by atoms with Crippen LogP contribution in [0, 0.1) is 0 Å². The Labute approximate surface area is 71.1 Å². The highest BCUT2D eigenvalue weighted by Crippen LogP contribution is 2.17. The van der Waals surface area contributed by atoms with E-state index in [2.05, 4.69) is 0 Å². The molecule has 1 aliphatic heterocycles. The Balaban J connectivity index is 2.67. The monoisotopic (exact) mass is 174 g/mol. The molecule has 0 saturated carbocycles. The molecule has 4 nitrogen and oxygen atoms in total. The second-order valence-electron chi connectivity index (χ2n) is 3.08. The minimum absolute atomic E-state index is 0.290. The van der Waals surface area contributed by atoms with Gasteiger partial charge in [-0.3, -0.25) is 0 Å². The van der Waals surface area contributed by atoms with Gasteiger partial charge in [0.05, 0.1) is 19.0 Å². The topological polar surface area (TPSA) is 69.9 Å². The van der Waals surface area contributed by atoms with Crippen molar-refractivity contribution in [2.75, 3.05) is 6.61 Å². The zero-order chi connectivity index (χ0) is 9.14. The molecule has 0 aromatic rings. The van der Waals surface area contributed by atoms with E-state index in [9.17, 15) is 10.2 Å². The lowest BCUT2D eigenvalue weighted by Gasteiger charge is -2.21. The number of ether oxygens (including phenoxy) is 1. The van der Waals surface area contributed by atoms with Crippen molar-refractivity contribution in [3.63, 3.8) is 0 Å². The number of aliphatic hydroxyl groups excluding tert-OH is 3. The van der Waals surface area contributed by atoms with Gasteiger partial charge >= 0.3 is 0 Å². The van der Waals surface area contributed by atoms with E-state index in [1.807, 2.05) is 0 Å². The largest absolute Gasteiger partial charge is 0.493 e. The molecule has 3 N–H and O–H groups in total. The van der Waals surface area contributed by atoms with Crippen molar-refractivity contribution >= 4 is 0 Å². The fourth-order valence-electron chi connectivity index (χ4n) is 1.18. The van der Waals surface area contributed by atoms with Crippen LogP contribution in [0.15, 0.2) is 11.8 Å². The third kappa shape index (κ3) is 1.97. The van der Waals surface area contributed by atoms with E-state index >= 15 is 0 Å². The van der Waals surface area contributed by atoms with Gasteiger partial charge in [-0.05, 0) is 18.9 Å². The molecule has 0 amide bonds. The highest BCUT2D eigenvalue weighted by Gasteiger charge is 2.29. The van der Waals surface area contributed by atoms with Gasteiger partial charge in [0, 0.05) is 0 Å². The summed E-state index contributed by atoms with van der Waals surface area (Å²) in [5, 5.41) is 27.5. The lowest BCUT2D eigenvalue weighted by molar-refractivity contribution is -0.0733. The normalized spacial score (nSPS) is 36.7. The molecule has 3 unspecified atom stereocenters. The third-order valence-electron chi connectivity index (χ3n) is 1.93. The average molecular weight is 174 g/mol. The average Bonchev–Trinajstić information content (AvgIpc) is 2.14. The Morgan fingerprint density at radius 3 is 2.83 bits per heavy atom. The third-order valence-corrected chi connectivity index (χ3v) is 1.93. The fourth-order valence-corrected chi connectivity index (χ4v) is 1.18.